The largest absolute Gasteiger partial charge is 0.487 e. The van der Waals surface area contributed by atoms with Crippen molar-refractivity contribution in [3.05, 3.63) is 54.1 Å². The number of nitrogens with zero attached hydrogens (tertiary/aromatic N) is 4. The van der Waals surface area contributed by atoms with Crippen molar-refractivity contribution in [1.82, 2.24) is 19.8 Å². The van der Waals surface area contributed by atoms with Gasteiger partial charge in [-0.2, -0.15) is 0 Å². The lowest BCUT2D eigenvalue weighted by Crippen LogP contribution is -2.52. The van der Waals surface area contributed by atoms with Crippen LogP contribution in [0.4, 0.5) is 0 Å². The van der Waals surface area contributed by atoms with E-state index in [0.717, 1.165) is 30.6 Å². The summed E-state index contributed by atoms with van der Waals surface area (Å²) in [6.07, 6.45) is 7.33. The number of ether oxygens (including phenoxy) is 1. The van der Waals surface area contributed by atoms with Crippen molar-refractivity contribution < 1.29 is 14.3 Å². The highest BCUT2D eigenvalue weighted by Gasteiger charge is 2.44. The molecule has 2 aromatic rings. The molecule has 2 amide bonds. The van der Waals surface area contributed by atoms with Gasteiger partial charge in [-0.15, -0.1) is 0 Å². The minimum absolute atomic E-state index is 0.0940. The van der Waals surface area contributed by atoms with E-state index in [1.165, 1.54) is 12.4 Å². The second-order valence-corrected chi connectivity index (χ2v) is 8.10. The zero-order valence-electron chi connectivity index (χ0n) is 16.9. The molecule has 0 N–H and O–H groups in total. The van der Waals surface area contributed by atoms with Crippen molar-refractivity contribution in [1.29, 1.82) is 0 Å². The molecule has 1 aromatic carbocycles. The van der Waals surface area contributed by atoms with Crippen molar-refractivity contribution >= 4 is 11.8 Å². The van der Waals surface area contributed by atoms with Gasteiger partial charge < -0.3 is 14.5 Å². The monoisotopic (exact) mass is 394 g/mol. The number of hydrogen-bond donors (Lipinski definition) is 0. The van der Waals surface area contributed by atoms with E-state index in [-0.39, 0.29) is 23.3 Å². The number of benzene rings is 1. The zero-order valence-corrected chi connectivity index (χ0v) is 16.9. The van der Waals surface area contributed by atoms with E-state index in [2.05, 4.69) is 16.0 Å². The average molecular weight is 394 g/mol. The first-order valence-electron chi connectivity index (χ1n) is 10.0. The second-order valence-electron chi connectivity index (χ2n) is 8.10. The van der Waals surface area contributed by atoms with Gasteiger partial charge in [0.05, 0.1) is 6.20 Å². The summed E-state index contributed by atoms with van der Waals surface area (Å²) < 4.78 is 6.48. The second kappa shape index (κ2) is 7.81. The fourth-order valence-corrected chi connectivity index (χ4v) is 4.32. The molecule has 1 aromatic heterocycles. The van der Waals surface area contributed by atoms with Gasteiger partial charge in [0.15, 0.2) is 0 Å². The normalized spacial score (nSPS) is 19.9. The van der Waals surface area contributed by atoms with Gasteiger partial charge in [-0.25, -0.2) is 4.98 Å². The van der Waals surface area contributed by atoms with E-state index in [4.69, 9.17) is 4.74 Å². The van der Waals surface area contributed by atoms with Crippen molar-refractivity contribution in [2.45, 2.75) is 37.2 Å². The Hall–Kier alpha value is -2.96. The zero-order chi connectivity index (χ0) is 20.4. The topological polar surface area (TPSA) is 75.6 Å². The first-order chi connectivity index (χ1) is 14.0. The van der Waals surface area contributed by atoms with Crippen LogP contribution in [-0.2, 0) is 4.79 Å². The van der Waals surface area contributed by atoms with Crippen LogP contribution >= 0.6 is 0 Å². The minimum atomic E-state index is -0.343. The van der Waals surface area contributed by atoms with Gasteiger partial charge in [0, 0.05) is 64.8 Å². The van der Waals surface area contributed by atoms with Crippen molar-refractivity contribution in [2.75, 3.05) is 27.2 Å². The van der Waals surface area contributed by atoms with E-state index in [1.54, 1.807) is 25.2 Å². The fraction of sp³-hybridized carbons (Fsp3) is 0.455. The molecule has 7 heteroatoms. The molecule has 1 fully saturated rings. The Morgan fingerprint density at radius 2 is 1.97 bits per heavy atom. The fourth-order valence-electron chi connectivity index (χ4n) is 4.32. The van der Waals surface area contributed by atoms with E-state index in [1.807, 2.05) is 23.1 Å². The maximum atomic E-state index is 12.7. The third kappa shape index (κ3) is 3.95. The Labute approximate surface area is 170 Å². The Morgan fingerprint density at radius 3 is 2.66 bits per heavy atom. The summed E-state index contributed by atoms with van der Waals surface area (Å²) in [5.41, 5.74) is 1.13. The summed E-state index contributed by atoms with van der Waals surface area (Å²) >= 11 is 0. The quantitative estimate of drug-likeness (QED) is 0.800. The third-order valence-corrected chi connectivity index (χ3v) is 5.97. The van der Waals surface area contributed by atoms with Crippen LogP contribution < -0.4 is 4.74 Å². The van der Waals surface area contributed by atoms with Crippen molar-refractivity contribution in [2.24, 2.45) is 0 Å². The smallest absolute Gasteiger partial charge is 0.274 e. The minimum Gasteiger partial charge on any atom is -0.487 e. The number of piperidine rings is 1. The number of rotatable bonds is 3. The molecule has 0 saturated carbocycles. The van der Waals surface area contributed by atoms with E-state index in [9.17, 15) is 9.59 Å². The molecule has 4 rings (SSSR count). The Kier molecular flexibility index (Phi) is 5.22. The number of carbonyl (C=O) groups is 2. The molecule has 0 aliphatic carbocycles. The van der Waals surface area contributed by atoms with Crippen LogP contribution in [0.2, 0.25) is 0 Å². The summed E-state index contributed by atoms with van der Waals surface area (Å²) in [5.74, 6) is 1.02. The lowest BCUT2D eigenvalue weighted by molar-refractivity contribution is -0.129. The number of likely N-dealkylation sites (tertiary alicyclic amines) is 1. The summed E-state index contributed by atoms with van der Waals surface area (Å²) in [5, 5.41) is 0. The highest BCUT2D eigenvalue weighted by molar-refractivity contribution is 5.92. The number of carbonyl (C=O) groups excluding carboxylic acids is 2. The van der Waals surface area contributed by atoms with E-state index >= 15 is 0 Å². The molecule has 0 bridgehead atoms. The van der Waals surface area contributed by atoms with Crippen LogP contribution in [0.15, 0.2) is 42.9 Å². The van der Waals surface area contributed by atoms with Gasteiger partial charge in [0.25, 0.3) is 5.91 Å². The molecule has 0 radical (unpaired) electrons. The first-order valence-corrected chi connectivity index (χ1v) is 10.0. The molecular weight excluding hydrogens is 368 g/mol. The number of amides is 2. The molecule has 7 nitrogen and oxygen atoms in total. The lowest BCUT2D eigenvalue weighted by atomic mass is 9.76. The summed E-state index contributed by atoms with van der Waals surface area (Å²) in [6.45, 7) is 1.21. The summed E-state index contributed by atoms with van der Waals surface area (Å²) in [7, 11) is 3.58. The van der Waals surface area contributed by atoms with Gasteiger partial charge >= 0.3 is 0 Å². The third-order valence-electron chi connectivity index (χ3n) is 5.97. The summed E-state index contributed by atoms with van der Waals surface area (Å²) in [6, 6.07) is 8.01. The SMILES string of the molecule is CN(C)C(=O)CC1CC2(CCN(C(=O)c3cnccn3)CC2)Oc2ccccc21. The van der Waals surface area contributed by atoms with Crippen LogP contribution in [0.3, 0.4) is 0 Å². The molecule has 1 saturated heterocycles. The number of hydrogen-bond acceptors (Lipinski definition) is 5. The van der Waals surface area contributed by atoms with Crippen molar-refractivity contribution in [3.63, 3.8) is 0 Å². The Morgan fingerprint density at radius 1 is 1.21 bits per heavy atom. The molecular formula is C22H26N4O3. The van der Waals surface area contributed by atoms with Gasteiger partial charge in [-0.3, -0.25) is 14.6 Å². The number of aromatic nitrogens is 2. The Balaban J connectivity index is 1.50. The van der Waals surface area contributed by atoms with Gasteiger partial charge in [-0.1, -0.05) is 18.2 Å². The van der Waals surface area contributed by atoms with Crippen LogP contribution in [0.5, 0.6) is 5.75 Å². The van der Waals surface area contributed by atoms with Crippen molar-refractivity contribution in [3.8, 4) is 5.75 Å². The number of fused-ring (bicyclic) bond motifs is 1. The van der Waals surface area contributed by atoms with Crippen LogP contribution in [0, 0.1) is 0 Å². The molecule has 3 heterocycles. The molecule has 2 aliphatic rings. The maximum Gasteiger partial charge on any atom is 0.274 e. The molecule has 1 atom stereocenters. The first kappa shape index (κ1) is 19.4. The molecule has 152 valence electrons. The lowest BCUT2D eigenvalue weighted by Gasteiger charge is -2.47. The van der Waals surface area contributed by atoms with Crippen LogP contribution in [0.1, 0.15) is 47.7 Å². The molecule has 2 aliphatic heterocycles. The highest BCUT2D eigenvalue weighted by Crippen LogP contribution is 2.46. The Bertz CT molecular complexity index is 892. The summed E-state index contributed by atoms with van der Waals surface area (Å²) in [4.78, 5) is 36.7. The van der Waals surface area contributed by atoms with Gasteiger partial charge in [0.1, 0.15) is 17.0 Å². The molecule has 1 unspecified atom stereocenters. The molecule has 1 spiro atoms. The maximum absolute atomic E-state index is 12.7. The van der Waals surface area contributed by atoms with Gasteiger partial charge in [0.2, 0.25) is 5.91 Å². The predicted molar refractivity (Wildman–Crippen MR) is 108 cm³/mol. The van der Waals surface area contributed by atoms with E-state index < -0.39 is 0 Å². The number of para-hydroxylation sites is 1. The predicted octanol–water partition coefficient (Wildman–Crippen LogP) is 2.50. The average Bonchev–Trinajstić information content (AvgIpc) is 2.74. The van der Waals surface area contributed by atoms with Gasteiger partial charge in [-0.05, 0) is 18.1 Å². The van der Waals surface area contributed by atoms with Crippen LogP contribution in [-0.4, -0.2) is 64.4 Å². The van der Waals surface area contributed by atoms with E-state index in [0.29, 0.717) is 25.2 Å². The highest BCUT2D eigenvalue weighted by atomic mass is 16.5. The standard InChI is InChI=1S/C22H26N4O3/c1-25(2)20(27)13-16-14-22(29-19-6-4-3-5-17(16)19)7-11-26(12-8-22)21(28)18-15-23-9-10-24-18/h3-6,9-10,15-16H,7-8,11-14H2,1-2H3. The van der Waals surface area contributed by atoms with Crippen LogP contribution in [0.25, 0.3) is 0 Å². The molecule has 29 heavy (non-hydrogen) atoms.